The highest BCUT2D eigenvalue weighted by atomic mass is 32.1. The number of benzene rings is 1. The van der Waals surface area contributed by atoms with Crippen LogP contribution in [0.1, 0.15) is 24.5 Å². The zero-order chi connectivity index (χ0) is 15.1. The first kappa shape index (κ1) is 15.5. The molecule has 4 nitrogen and oxygen atoms in total. The summed E-state index contributed by atoms with van der Waals surface area (Å²) in [6.45, 7) is 5.92. The number of anilines is 1. The van der Waals surface area contributed by atoms with Crippen molar-refractivity contribution in [3.05, 3.63) is 47.8 Å². The zero-order valence-corrected chi connectivity index (χ0v) is 13.4. The summed E-state index contributed by atoms with van der Waals surface area (Å²) >= 11 is 5.33. The Labute approximate surface area is 131 Å². The minimum atomic E-state index is 0.674. The van der Waals surface area contributed by atoms with Crippen LogP contribution in [-0.2, 0) is 13.0 Å². The van der Waals surface area contributed by atoms with Crippen LogP contribution in [0, 0.1) is 6.92 Å². The molecular formula is C16H22N4S. The third-order valence-corrected chi connectivity index (χ3v) is 3.50. The summed E-state index contributed by atoms with van der Waals surface area (Å²) in [6, 6.07) is 8.24. The van der Waals surface area contributed by atoms with Crippen molar-refractivity contribution in [1.82, 2.24) is 15.1 Å². The second-order valence-electron chi connectivity index (χ2n) is 5.03. The van der Waals surface area contributed by atoms with Gasteiger partial charge in [-0.3, -0.25) is 4.68 Å². The van der Waals surface area contributed by atoms with Crippen LogP contribution in [-0.4, -0.2) is 21.4 Å². The molecule has 0 aliphatic rings. The minimum Gasteiger partial charge on any atom is -0.362 e. The van der Waals surface area contributed by atoms with E-state index in [4.69, 9.17) is 12.2 Å². The van der Waals surface area contributed by atoms with Gasteiger partial charge in [-0.15, -0.1) is 0 Å². The van der Waals surface area contributed by atoms with Crippen LogP contribution in [0.2, 0.25) is 0 Å². The Kier molecular flexibility index (Phi) is 5.75. The average molecular weight is 302 g/mol. The molecule has 0 saturated heterocycles. The average Bonchev–Trinajstić information content (AvgIpc) is 2.90. The molecule has 0 aliphatic heterocycles. The number of nitrogens with one attached hydrogen (secondary N) is 2. The molecule has 5 heteroatoms. The molecule has 1 aromatic carbocycles. The minimum absolute atomic E-state index is 0.674. The third kappa shape index (κ3) is 4.86. The van der Waals surface area contributed by atoms with Crippen molar-refractivity contribution in [2.45, 2.75) is 33.2 Å². The molecule has 112 valence electrons. The molecule has 0 radical (unpaired) electrons. The molecule has 21 heavy (non-hydrogen) atoms. The van der Waals surface area contributed by atoms with E-state index in [9.17, 15) is 0 Å². The fourth-order valence-electron chi connectivity index (χ4n) is 2.15. The number of rotatable bonds is 6. The lowest BCUT2D eigenvalue weighted by molar-refractivity contribution is 0.573. The Hall–Kier alpha value is -1.88. The van der Waals surface area contributed by atoms with Crippen molar-refractivity contribution < 1.29 is 0 Å². The predicted molar refractivity (Wildman–Crippen MR) is 91.6 cm³/mol. The van der Waals surface area contributed by atoms with Gasteiger partial charge in [0.2, 0.25) is 0 Å². The van der Waals surface area contributed by atoms with Gasteiger partial charge in [-0.05, 0) is 49.2 Å². The summed E-state index contributed by atoms with van der Waals surface area (Å²) in [5.74, 6) is 0. The predicted octanol–water partition coefficient (Wildman–Crippen LogP) is 3.13. The number of thiocarbonyl (C=S) groups is 1. The molecule has 0 aliphatic carbocycles. The molecule has 2 N–H and O–H groups in total. The van der Waals surface area contributed by atoms with E-state index in [0.29, 0.717) is 5.11 Å². The van der Waals surface area contributed by atoms with E-state index < -0.39 is 0 Å². The summed E-state index contributed by atoms with van der Waals surface area (Å²) in [7, 11) is 0. The van der Waals surface area contributed by atoms with Crippen molar-refractivity contribution in [3.63, 3.8) is 0 Å². The van der Waals surface area contributed by atoms with Crippen LogP contribution in [0.5, 0.6) is 0 Å². The normalized spacial score (nSPS) is 10.4. The highest BCUT2D eigenvalue weighted by Gasteiger charge is 2.02. The SMILES string of the molecule is CCc1ccccc1NC(=S)NCCCn1cc(C)cn1. The topological polar surface area (TPSA) is 41.9 Å². The maximum absolute atomic E-state index is 5.33. The summed E-state index contributed by atoms with van der Waals surface area (Å²) < 4.78 is 1.96. The molecule has 0 amide bonds. The van der Waals surface area contributed by atoms with E-state index in [1.54, 1.807) is 0 Å². The first-order valence-corrected chi connectivity index (χ1v) is 7.71. The summed E-state index contributed by atoms with van der Waals surface area (Å²) in [5, 5.41) is 11.4. The van der Waals surface area contributed by atoms with E-state index in [-0.39, 0.29) is 0 Å². The molecule has 0 spiro atoms. The number of aryl methyl sites for hydroxylation is 3. The lowest BCUT2D eigenvalue weighted by Gasteiger charge is -2.13. The molecule has 1 heterocycles. The smallest absolute Gasteiger partial charge is 0.170 e. The first-order chi connectivity index (χ1) is 10.2. The first-order valence-electron chi connectivity index (χ1n) is 7.31. The van der Waals surface area contributed by atoms with Crippen molar-refractivity contribution >= 4 is 23.0 Å². The molecule has 0 fully saturated rings. The molecular weight excluding hydrogens is 280 g/mol. The molecule has 2 aromatic rings. The Morgan fingerprint density at radius 1 is 1.33 bits per heavy atom. The molecule has 0 unspecified atom stereocenters. The summed E-state index contributed by atoms with van der Waals surface area (Å²) in [4.78, 5) is 0. The number of hydrogen-bond donors (Lipinski definition) is 2. The molecule has 1 aromatic heterocycles. The number of hydrogen-bond acceptors (Lipinski definition) is 2. The maximum Gasteiger partial charge on any atom is 0.170 e. The number of aromatic nitrogens is 2. The Bertz CT molecular complexity index is 591. The van der Waals surface area contributed by atoms with Gasteiger partial charge in [0.1, 0.15) is 0 Å². The van der Waals surface area contributed by atoms with Gasteiger partial charge >= 0.3 is 0 Å². The van der Waals surface area contributed by atoms with Crippen LogP contribution < -0.4 is 10.6 Å². The third-order valence-electron chi connectivity index (χ3n) is 3.26. The van der Waals surface area contributed by atoms with Crippen LogP contribution in [0.3, 0.4) is 0 Å². The lowest BCUT2D eigenvalue weighted by Crippen LogP contribution is -2.30. The lowest BCUT2D eigenvalue weighted by atomic mass is 10.1. The van der Waals surface area contributed by atoms with Gasteiger partial charge < -0.3 is 10.6 Å². The van der Waals surface area contributed by atoms with Crippen LogP contribution in [0.25, 0.3) is 0 Å². The second kappa shape index (κ2) is 7.78. The van der Waals surface area contributed by atoms with Gasteiger partial charge in [-0.2, -0.15) is 5.10 Å². The van der Waals surface area contributed by atoms with Crippen molar-refractivity contribution in [2.75, 3.05) is 11.9 Å². The van der Waals surface area contributed by atoms with Crippen LogP contribution in [0.15, 0.2) is 36.7 Å². The Morgan fingerprint density at radius 2 is 2.14 bits per heavy atom. The fourth-order valence-corrected chi connectivity index (χ4v) is 2.36. The van der Waals surface area contributed by atoms with E-state index in [1.807, 2.05) is 36.1 Å². The Balaban J connectivity index is 1.72. The van der Waals surface area contributed by atoms with E-state index in [2.05, 4.69) is 34.8 Å². The fraction of sp³-hybridized carbons (Fsp3) is 0.375. The molecule has 0 bridgehead atoms. The quantitative estimate of drug-likeness (QED) is 0.635. The van der Waals surface area contributed by atoms with Crippen molar-refractivity contribution in [2.24, 2.45) is 0 Å². The number of para-hydroxylation sites is 1. The van der Waals surface area contributed by atoms with Crippen molar-refractivity contribution in [3.8, 4) is 0 Å². The van der Waals surface area contributed by atoms with Crippen LogP contribution >= 0.6 is 12.2 Å². The standard InChI is InChI=1S/C16H22N4S/c1-3-14-7-4-5-8-15(14)19-16(21)17-9-6-10-20-12-13(2)11-18-20/h4-5,7-8,11-12H,3,6,9-10H2,1-2H3,(H2,17,19,21). The number of nitrogens with zero attached hydrogens (tertiary/aromatic N) is 2. The van der Waals surface area contributed by atoms with E-state index in [1.165, 1.54) is 11.1 Å². The highest BCUT2D eigenvalue weighted by molar-refractivity contribution is 7.80. The van der Waals surface area contributed by atoms with Gasteiger partial charge in [0.05, 0.1) is 6.20 Å². The molecule has 0 saturated carbocycles. The highest BCUT2D eigenvalue weighted by Crippen LogP contribution is 2.15. The maximum atomic E-state index is 5.33. The van der Waals surface area contributed by atoms with Crippen molar-refractivity contribution in [1.29, 1.82) is 0 Å². The van der Waals surface area contributed by atoms with Crippen LogP contribution in [0.4, 0.5) is 5.69 Å². The summed E-state index contributed by atoms with van der Waals surface area (Å²) in [5.41, 5.74) is 3.55. The summed E-state index contributed by atoms with van der Waals surface area (Å²) in [6.07, 6.45) is 5.90. The molecule has 2 rings (SSSR count). The monoisotopic (exact) mass is 302 g/mol. The zero-order valence-electron chi connectivity index (χ0n) is 12.6. The van der Waals surface area contributed by atoms with E-state index >= 15 is 0 Å². The Morgan fingerprint density at radius 3 is 2.86 bits per heavy atom. The van der Waals surface area contributed by atoms with Gasteiger partial charge in [0.25, 0.3) is 0 Å². The van der Waals surface area contributed by atoms with Gasteiger partial charge in [0, 0.05) is 25.0 Å². The molecule has 0 atom stereocenters. The van der Waals surface area contributed by atoms with Gasteiger partial charge in [-0.25, -0.2) is 0 Å². The second-order valence-corrected chi connectivity index (χ2v) is 5.43. The van der Waals surface area contributed by atoms with Gasteiger partial charge in [-0.1, -0.05) is 25.1 Å². The van der Waals surface area contributed by atoms with Gasteiger partial charge in [0.15, 0.2) is 5.11 Å². The van der Waals surface area contributed by atoms with E-state index in [0.717, 1.165) is 31.6 Å². The largest absolute Gasteiger partial charge is 0.362 e.